The van der Waals surface area contributed by atoms with E-state index in [1.807, 2.05) is 36.4 Å². The summed E-state index contributed by atoms with van der Waals surface area (Å²) in [7, 11) is 3.27. The zero-order chi connectivity index (χ0) is 17.8. The largest absolute Gasteiger partial charge is 0.382 e. The Morgan fingerprint density at radius 2 is 2.00 bits per heavy atom. The van der Waals surface area contributed by atoms with Crippen LogP contribution in [0, 0.1) is 0 Å². The van der Waals surface area contributed by atoms with Crippen LogP contribution in [0.25, 0.3) is 10.9 Å². The summed E-state index contributed by atoms with van der Waals surface area (Å²) in [5.41, 5.74) is 1.41. The van der Waals surface area contributed by atoms with Crippen molar-refractivity contribution in [3.05, 3.63) is 76.3 Å². The van der Waals surface area contributed by atoms with Crippen molar-refractivity contribution in [2.24, 2.45) is 0 Å². The normalized spacial score (nSPS) is 12.1. The number of likely N-dealkylation sites (N-methyl/N-ethyl adjacent to an activating group) is 1. The standard InChI is InChI=1S/C19H19N3O3/c1-22(17(12-25-2)16-9-5-6-10-20-16)19(24)14-11-18(23)21-15-8-4-3-7-13(14)15/h3-11,17H,12H2,1-2H3,(H,21,23)/t17-/m1/s1. The number of hydrogen-bond acceptors (Lipinski definition) is 4. The van der Waals surface area contributed by atoms with E-state index >= 15 is 0 Å². The highest BCUT2D eigenvalue weighted by Gasteiger charge is 2.25. The van der Waals surface area contributed by atoms with E-state index in [1.165, 1.54) is 6.07 Å². The van der Waals surface area contributed by atoms with Crippen LogP contribution >= 0.6 is 0 Å². The highest BCUT2D eigenvalue weighted by Crippen LogP contribution is 2.22. The van der Waals surface area contributed by atoms with Crippen LogP contribution in [0.3, 0.4) is 0 Å². The number of nitrogens with one attached hydrogen (secondary N) is 1. The lowest BCUT2D eigenvalue weighted by molar-refractivity contribution is 0.0596. The number of methoxy groups -OCH3 is 1. The molecule has 1 aromatic carbocycles. The van der Waals surface area contributed by atoms with Crippen molar-refractivity contribution in [2.75, 3.05) is 20.8 Å². The molecule has 2 aromatic heterocycles. The van der Waals surface area contributed by atoms with E-state index < -0.39 is 0 Å². The van der Waals surface area contributed by atoms with Gasteiger partial charge in [0.1, 0.15) is 0 Å². The van der Waals surface area contributed by atoms with Gasteiger partial charge in [0.25, 0.3) is 5.91 Å². The van der Waals surface area contributed by atoms with E-state index in [2.05, 4.69) is 9.97 Å². The molecule has 0 radical (unpaired) electrons. The van der Waals surface area contributed by atoms with E-state index in [0.29, 0.717) is 23.1 Å². The zero-order valence-electron chi connectivity index (χ0n) is 14.1. The molecule has 3 aromatic rings. The SMILES string of the molecule is COC[C@H](c1ccccn1)N(C)C(=O)c1cc(=O)[nH]c2ccccc12. The van der Waals surface area contributed by atoms with Gasteiger partial charge in [-0.2, -0.15) is 0 Å². The Morgan fingerprint density at radius 1 is 1.24 bits per heavy atom. The van der Waals surface area contributed by atoms with Crippen LogP contribution in [-0.4, -0.2) is 41.5 Å². The maximum atomic E-state index is 13.1. The summed E-state index contributed by atoms with van der Waals surface area (Å²) in [6.07, 6.45) is 1.68. The number of para-hydroxylation sites is 1. The van der Waals surface area contributed by atoms with Gasteiger partial charge in [0.15, 0.2) is 0 Å². The molecule has 1 amide bonds. The average molecular weight is 337 g/mol. The predicted octanol–water partition coefficient (Wildman–Crippen LogP) is 2.38. The molecule has 0 saturated heterocycles. The molecule has 1 N–H and O–H groups in total. The third kappa shape index (κ3) is 3.44. The molecule has 0 bridgehead atoms. The van der Waals surface area contributed by atoms with E-state index in [1.54, 1.807) is 31.3 Å². The van der Waals surface area contributed by atoms with Gasteiger partial charge in [-0.25, -0.2) is 0 Å². The fraction of sp³-hybridized carbons (Fsp3) is 0.211. The van der Waals surface area contributed by atoms with E-state index in [9.17, 15) is 9.59 Å². The molecular formula is C19H19N3O3. The summed E-state index contributed by atoms with van der Waals surface area (Å²) in [5.74, 6) is -0.255. The van der Waals surface area contributed by atoms with E-state index in [4.69, 9.17) is 4.74 Å². The van der Waals surface area contributed by atoms with Gasteiger partial charge in [0.2, 0.25) is 5.56 Å². The number of aromatic amines is 1. The van der Waals surface area contributed by atoms with Crippen molar-refractivity contribution < 1.29 is 9.53 Å². The Labute approximate surface area is 145 Å². The number of ether oxygens (including phenoxy) is 1. The predicted molar refractivity (Wildman–Crippen MR) is 95.5 cm³/mol. The minimum absolute atomic E-state index is 0.255. The number of pyridine rings is 2. The maximum Gasteiger partial charge on any atom is 0.255 e. The second kappa shape index (κ2) is 7.27. The molecule has 0 spiro atoms. The topological polar surface area (TPSA) is 75.3 Å². The van der Waals surface area contributed by atoms with Crippen LogP contribution in [0.15, 0.2) is 59.5 Å². The van der Waals surface area contributed by atoms with E-state index in [0.717, 1.165) is 5.69 Å². The van der Waals surface area contributed by atoms with Crippen molar-refractivity contribution in [2.45, 2.75) is 6.04 Å². The fourth-order valence-electron chi connectivity index (χ4n) is 2.84. The first-order chi connectivity index (χ1) is 12.1. The third-order valence-corrected chi connectivity index (χ3v) is 4.12. The van der Waals surface area contributed by atoms with Gasteiger partial charge >= 0.3 is 0 Å². The highest BCUT2D eigenvalue weighted by atomic mass is 16.5. The second-order valence-corrected chi connectivity index (χ2v) is 5.73. The second-order valence-electron chi connectivity index (χ2n) is 5.73. The van der Waals surface area contributed by atoms with Crippen molar-refractivity contribution in [3.63, 3.8) is 0 Å². The minimum Gasteiger partial charge on any atom is -0.382 e. The number of rotatable bonds is 5. The molecule has 1 atom stereocenters. The van der Waals surface area contributed by atoms with Crippen molar-refractivity contribution in [3.8, 4) is 0 Å². The Hall–Kier alpha value is -2.99. The fourth-order valence-corrected chi connectivity index (χ4v) is 2.84. The number of nitrogens with zero attached hydrogens (tertiary/aromatic N) is 2. The summed E-state index contributed by atoms with van der Waals surface area (Å²) in [6, 6.07) is 13.8. The summed E-state index contributed by atoms with van der Waals surface area (Å²) < 4.78 is 5.27. The molecule has 0 aliphatic carbocycles. The first-order valence-corrected chi connectivity index (χ1v) is 7.91. The number of benzene rings is 1. The number of aromatic nitrogens is 2. The number of hydrogen-bond donors (Lipinski definition) is 1. The molecule has 3 rings (SSSR count). The van der Waals surface area contributed by atoms with Gasteiger partial charge in [-0.05, 0) is 18.2 Å². The number of H-pyrrole nitrogens is 1. The van der Waals surface area contributed by atoms with Crippen LogP contribution in [0.1, 0.15) is 22.1 Å². The Bertz CT molecular complexity index is 937. The monoisotopic (exact) mass is 337 g/mol. The molecule has 128 valence electrons. The van der Waals surface area contributed by atoms with Gasteiger partial charge in [-0.3, -0.25) is 14.6 Å². The van der Waals surface area contributed by atoms with Gasteiger partial charge < -0.3 is 14.6 Å². The van der Waals surface area contributed by atoms with Gasteiger partial charge in [0, 0.05) is 37.3 Å². The Kier molecular flexibility index (Phi) is 4.90. The third-order valence-electron chi connectivity index (χ3n) is 4.12. The quantitative estimate of drug-likeness (QED) is 0.776. The summed E-state index contributed by atoms with van der Waals surface area (Å²) in [6.45, 7) is 0.306. The molecular weight excluding hydrogens is 318 g/mol. The van der Waals surface area contributed by atoms with Crippen LogP contribution in [0.4, 0.5) is 0 Å². The lowest BCUT2D eigenvalue weighted by Gasteiger charge is -2.27. The molecule has 0 aliphatic heterocycles. The lowest BCUT2D eigenvalue weighted by Crippen LogP contribution is -2.35. The Morgan fingerprint density at radius 3 is 2.72 bits per heavy atom. The van der Waals surface area contributed by atoms with Crippen LogP contribution in [0.2, 0.25) is 0 Å². The van der Waals surface area contributed by atoms with Crippen molar-refractivity contribution in [1.82, 2.24) is 14.9 Å². The van der Waals surface area contributed by atoms with E-state index in [-0.39, 0.29) is 17.5 Å². The highest BCUT2D eigenvalue weighted by molar-refractivity contribution is 6.05. The molecule has 0 saturated carbocycles. The Balaban J connectivity index is 2.03. The van der Waals surface area contributed by atoms with Gasteiger partial charge in [-0.15, -0.1) is 0 Å². The molecule has 0 unspecified atom stereocenters. The van der Waals surface area contributed by atoms with Gasteiger partial charge in [0.05, 0.1) is 23.9 Å². The van der Waals surface area contributed by atoms with Crippen LogP contribution < -0.4 is 5.56 Å². The summed E-state index contributed by atoms with van der Waals surface area (Å²) in [4.78, 5) is 33.7. The first kappa shape index (κ1) is 16.9. The summed E-state index contributed by atoms with van der Waals surface area (Å²) in [5, 5.41) is 0.705. The number of amides is 1. The smallest absolute Gasteiger partial charge is 0.255 e. The van der Waals surface area contributed by atoms with Crippen LogP contribution in [-0.2, 0) is 4.74 Å². The first-order valence-electron chi connectivity index (χ1n) is 7.91. The zero-order valence-corrected chi connectivity index (χ0v) is 14.1. The van der Waals surface area contributed by atoms with Crippen molar-refractivity contribution in [1.29, 1.82) is 0 Å². The molecule has 6 nitrogen and oxygen atoms in total. The molecule has 0 aliphatic rings. The molecule has 0 fully saturated rings. The molecule has 6 heteroatoms. The van der Waals surface area contributed by atoms with Crippen LogP contribution in [0.5, 0.6) is 0 Å². The molecule has 2 heterocycles. The average Bonchev–Trinajstić information content (AvgIpc) is 2.65. The van der Waals surface area contributed by atoms with Gasteiger partial charge in [-0.1, -0.05) is 24.3 Å². The molecule has 25 heavy (non-hydrogen) atoms. The number of carbonyl (C=O) groups excluding carboxylic acids is 1. The summed E-state index contributed by atoms with van der Waals surface area (Å²) >= 11 is 0. The minimum atomic E-state index is -0.350. The lowest BCUT2D eigenvalue weighted by atomic mass is 10.1. The van der Waals surface area contributed by atoms with Crippen molar-refractivity contribution >= 4 is 16.8 Å². The maximum absolute atomic E-state index is 13.1. The number of fused-ring (bicyclic) bond motifs is 1. The number of carbonyl (C=O) groups is 1.